The van der Waals surface area contributed by atoms with Gasteiger partial charge in [0.2, 0.25) is 0 Å². The zero-order chi connectivity index (χ0) is 9.84. The van der Waals surface area contributed by atoms with Crippen LogP contribution in [0, 0.1) is 18.2 Å². The zero-order valence-corrected chi connectivity index (χ0v) is 6.88. The molecule has 1 aromatic carbocycles. The molecule has 1 rings (SSSR count). The summed E-state index contributed by atoms with van der Waals surface area (Å²) in [6.45, 7) is 0. The van der Waals surface area contributed by atoms with Crippen LogP contribution in [0.3, 0.4) is 0 Å². The van der Waals surface area contributed by atoms with Crippen LogP contribution in [0.15, 0.2) is 18.2 Å². The van der Waals surface area contributed by atoms with Gasteiger partial charge in [0, 0.05) is 5.56 Å². The van der Waals surface area contributed by atoms with Crippen LogP contribution in [0.2, 0.25) is 0 Å². The Morgan fingerprint density at radius 3 is 2.85 bits per heavy atom. The number of hydrogen-bond acceptors (Lipinski definition) is 2. The highest BCUT2D eigenvalue weighted by molar-refractivity contribution is 5.97. The van der Waals surface area contributed by atoms with Crippen molar-refractivity contribution in [2.24, 2.45) is 0 Å². The largest absolute Gasteiger partial charge is 0.396 e. The first-order valence-corrected chi connectivity index (χ1v) is 3.67. The molecule has 0 unspecified atom stereocenters. The molecule has 0 fully saturated rings. The van der Waals surface area contributed by atoms with Gasteiger partial charge in [-0.15, -0.1) is 6.42 Å². The second-order valence-corrected chi connectivity index (χ2v) is 2.54. The van der Waals surface area contributed by atoms with Crippen molar-refractivity contribution in [1.29, 1.82) is 0 Å². The van der Waals surface area contributed by atoms with E-state index in [0.29, 0.717) is 0 Å². The van der Waals surface area contributed by atoms with Gasteiger partial charge in [-0.2, -0.15) is 0 Å². The maximum atomic E-state index is 12.9. The molecule has 0 saturated carbocycles. The molecule has 0 spiro atoms. The SMILES string of the molecule is C#CCC(=O)c1ccc(N)c(F)c1. The molecular formula is C10H8FNO. The van der Waals surface area contributed by atoms with E-state index in [1.807, 2.05) is 0 Å². The van der Waals surface area contributed by atoms with Gasteiger partial charge in [-0.3, -0.25) is 4.79 Å². The average Bonchev–Trinajstić information content (AvgIpc) is 2.10. The summed E-state index contributed by atoms with van der Waals surface area (Å²) in [5, 5.41) is 0. The summed E-state index contributed by atoms with van der Waals surface area (Å²) >= 11 is 0. The van der Waals surface area contributed by atoms with Crippen molar-refractivity contribution < 1.29 is 9.18 Å². The van der Waals surface area contributed by atoms with Crippen LogP contribution >= 0.6 is 0 Å². The summed E-state index contributed by atoms with van der Waals surface area (Å²) in [6, 6.07) is 3.90. The van der Waals surface area contributed by atoms with Gasteiger partial charge in [0.15, 0.2) is 5.78 Å². The fourth-order valence-corrected chi connectivity index (χ4v) is 0.895. The molecule has 0 aliphatic rings. The Labute approximate surface area is 75.6 Å². The molecular weight excluding hydrogens is 169 g/mol. The number of terminal acetylenes is 1. The van der Waals surface area contributed by atoms with Gasteiger partial charge in [0.25, 0.3) is 0 Å². The molecule has 0 aromatic heterocycles. The number of hydrogen-bond donors (Lipinski definition) is 1. The van der Waals surface area contributed by atoms with E-state index in [9.17, 15) is 9.18 Å². The molecule has 0 aliphatic heterocycles. The molecule has 13 heavy (non-hydrogen) atoms. The molecule has 66 valence electrons. The van der Waals surface area contributed by atoms with E-state index >= 15 is 0 Å². The lowest BCUT2D eigenvalue weighted by molar-refractivity contribution is 0.0998. The van der Waals surface area contributed by atoms with Crippen LogP contribution in [0.1, 0.15) is 16.8 Å². The van der Waals surface area contributed by atoms with E-state index in [1.165, 1.54) is 12.1 Å². The lowest BCUT2D eigenvalue weighted by Crippen LogP contribution is -1.99. The van der Waals surface area contributed by atoms with Crippen LogP contribution in [-0.4, -0.2) is 5.78 Å². The third-order valence-corrected chi connectivity index (χ3v) is 1.59. The summed E-state index contributed by atoms with van der Waals surface area (Å²) in [6.07, 6.45) is 4.92. The molecule has 0 atom stereocenters. The van der Waals surface area contributed by atoms with Crippen LogP contribution in [-0.2, 0) is 0 Å². The summed E-state index contributed by atoms with van der Waals surface area (Å²) < 4.78 is 12.9. The molecule has 2 N–H and O–H groups in total. The van der Waals surface area contributed by atoms with Gasteiger partial charge < -0.3 is 5.73 Å². The standard InChI is InChI=1S/C10H8FNO/c1-2-3-10(13)7-4-5-9(12)8(11)6-7/h1,4-6H,3,12H2. The predicted molar refractivity (Wildman–Crippen MR) is 48.6 cm³/mol. The Balaban J connectivity index is 2.98. The zero-order valence-electron chi connectivity index (χ0n) is 6.88. The van der Waals surface area contributed by atoms with E-state index in [0.717, 1.165) is 6.07 Å². The Morgan fingerprint density at radius 1 is 1.62 bits per heavy atom. The highest BCUT2D eigenvalue weighted by Gasteiger charge is 2.06. The summed E-state index contributed by atoms with van der Waals surface area (Å²) in [7, 11) is 0. The van der Waals surface area contributed by atoms with Crippen molar-refractivity contribution in [1.82, 2.24) is 0 Å². The lowest BCUT2D eigenvalue weighted by atomic mass is 10.1. The summed E-state index contributed by atoms with van der Waals surface area (Å²) in [5.74, 6) is 1.33. The van der Waals surface area contributed by atoms with Crippen molar-refractivity contribution in [3.63, 3.8) is 0 Å². The first-order chi connectivity index (χ1) is 6.15. The minimum Gasteiger partial charge on any atom is -0.396 e. The maximum absolute atomic E-state index is 12.9. The van der Waals surface area contributed by atoms with E-state index in [1.54, 1.807) is 0 Å². The predicted octanol–water partition coefficient (Wildman–Crippen LogP) is 1.61. The average molecular weight is 177 g/mol. The van der Waals surface area contributed by atoms with Gasteiger partial charge in [-0.05, 0) is 18.2 Å². The highest BCUT2D eigenvalue weighted by Crippen LogP contribution is 2.12. The number of anilines is 1. The number of Topliss-reactive ketones (excluding diaryl/α,β-unsaturated/α-hetero) is 1. The smallest absolute Gasteiger partial charge is 0.174 e. The Morgan fingerprint density at radius 2 is 2.31 bits per heavy atom. The monoisotopic (exact) mass is 177 g/mol. The van der Waals surface area contributed by atoms with Crippen LogP contribution in [0.25, 0.3) is 0 Å². The quantitative estimate of drug-likeness (QED) is 0.423. The Hall–Kier alpha value is -1.82. The lowest BCUT2D eigenvalue weighted by Gasteiger charge is -1.99. The third-order valence-electron chi connectivity index (χ3n) is 1.59. The van der Waals surface area contributed by atoms with Gasteiger partial charge in [-0.25, -0.2) is 4.39 Å². The number of nitrogens with two attached hydrogens (primary N) is 1. The van der Waals surface area contributed by atoms with Crippen molar-refractivity contribution in [2.75, 3.05) is 5.73 Å². The number of carbonyl (C=O) groups excluding carboxylic acids is 1. The van der Waals surface area contributed by atoms with Crippen molar-refractivity contribution in [2.45, 2.75) is 6.42 Å². The fraction of sp³-hybridized carbons (Fsp3) is 0.100. The molecule has 1 aromatic rings. The normalized spacial score (nSPS) is 9.23. The van der Waals surface area contributed by atoms with Gasteiger partial charge in [0.1, 0.15) is 5.82 Å². The van der Waals surface area contributed by atoms with Crippen molar-refractivity contribution in [3.8, 4) is 12.3 Å². The Bertz CT molecular complexity index is 379. The highest BCUT2D eigenvalue weighted by atomic mass is 19.1. The van der Waals surface area contributed by atoms with Gasteiger partial charge in [-0.1, -0.05) is 5.92 Å². The fourth-order valence-electron chi connectivity index (χ4n) is 0.895. The number of carbonyl (C=O) groups is 1. The van der Waals surface area contributed by atoms with Gasteiger partial charge >= 0.3 is 0 Å². The number of rotatable bonds is 2. The van der Waals surface area contributed by atoms with Crippen LogP contribution in [0.4, 0.5) is 10.1 Å². The molecule has 0 heterocycles. The summed E-state index contributed by atoms with van der Waals surface area (Å²) in [5.41, 5.74) is 5.52. The molecule has 0 saturated heterocycles. The minimum absolute atomic E-state index is 0.0244. The second kappa shape index (κ2) is 3.72. The van der Waals surface area contributed by atoms with E-state index in [-0.39, 0.29) is 23.5 Å². The van der Waals surface area contributed by atoms with Gasteiger partial charge in [0.05, 0.1) is 12.1 Å². The first-order valence-electron chi connectivity index (χ1n) is 3.67. The topological polar surface area (TPSA) is 43.1 Å². The minimum atomic E-state index is -0.595. The molecule has 3 heteroatoms. The van der Waals surface area contributed by atoms with E-state index < -0.39 is 5.82 Å². The molecule has 0 aliphatic carbocycles. The second-order valence-electron chi connectivity index (χ2n) is 2.54. The molecule has 0 bridgehead atoms. The van der Waals surface area contributed by atoms with Crippen molar-refractivity contribution in [3.05, 3.63) is 29.6 Å². The molecule has 0 amide bonds. The first kappa shape index (κ1) is 9.27. The number of ketones is 1. The number of benzene rings is 1. The number of halogens is 1. The molecule has 2 nitrogen and oxygen atoms in total. The third kappa shape index (κ3) is 2.06. The molecule has 0 radical (unpaired) electrons. The van der Waals surface area contributed by atoms with E-state index in [4.69, 9.17) is 12.2 Å². The van der Waals surface area contributed by atoms with Crippen LogP contribution in [0.5, 0.6) is 0 Å². The Kier molecular flexibility index (Phi) is 2.65. The number of nitrogen functional groups attached to an aromatic ring is 1. The summed E-state index contributed by atoms with van der Waals surface area (Å²) in [4.78, 5) is 11.2. The maximum Gasteiger partial charge on any atom is 0.174 e. The van der Waals surface area contributed by atoms with Crippen molar-refractivity contribution >= 4 is 11.5 Å². The van der Waals surface area contributed by atoms with Crippen LogP contribution < -0.4 is 5.73 Å². The van der Waals surface area contributed by atoms with E-state index in [2.05, 4.69) is 5.92 Å².